The number of rotatable bonds is 3. The van der Waals surface area contributed by atoms with Crippen LogP contribution in [0, 0.1) is 6.92 Å². The second kappa shape index (κ2) is 4.74. The predicted octanol–water partition coefficient (Wildman–Crippen LogP) is 3.24. The number of fused-ring (bicyclic) bond motifs is 1. The first kappa shape index (κ1) is 12.5. The van der Waals surface area contributed by atoms with Crippen LogP contribution in [0.5, 0.6) is 5.75 Å². The maximum atomic E-state index is 10.6. The van der Waals surface area contributed by atoms with Crippen molar-refractivity contribution >= 4 is 34.5 Å². The molecule has 0 aliphatic heterocycles. The third-order valence-corrected chi connectivity index (χ3v) is 3.03. The van der Waals surface area contributed by atoms with Crippen molar-refractivity contribution in [1.29, 1.82) is 0 Å². The van der Waals surface area contributed by atoms with Crippen LogP contribution < -0.4 is 4.74 Å². The quantitative estimate of drug-likeness (QED) is 0.838. The number of aliphatic carboxylic acids is 1. The molecule has 1 aromatic carbocycles. The SMILES string of the molecule is COc1ccc(Cl)c2[nH]c(C)c(/C=C/C(=O)O)c12. The first-order valence-electron chi connectivity index (χ1n) is 5.30. The first-order chi connectivity index (χ1) is 8.54. The molecular formula is C13H12ClNO3. The molecule has 5 heteroatoms. The molecule has 0 saturated carbocycles. The van der Waals surface area contributed by atoms with Crippen LogP contribution in [0.2, 0.25) is 5.02 Å². The number of H-pyrrole nitrogens is 1. The number of aryl methyl sites for hydroxylation is 1. The van der Waals surface area contributed by atoms with Gasteiger partial charge >= 0.3 is 5.97 Å². The fourth-order valence-electron chi connectivity index (χ4n) is 1.92. The Balaban J connectivity index is 2.75. The predicted molar refractivity (Wildman–Crippen MR) is 71.3 cm³/mol. The van der Waals surface area contributed by atoms with E-state index in [0.717, 1.165) is 28.2 Å². The molecule has 0 bridgehead atoms. The van der Waals surface area contributed by atoms with E-state index in [4.69, 9.17) is 21.4 Å². The third-order valence-electron chi connectivity index (χ3n) is 2.71. The summed E-state index contributed by atoms with van der Waals surface area (Å²) in [7, 11) is 1.57. The number of aromatic amines is 1. The topological polar surface area (TPSA) is 62.3 Å². The van der Waals surface area contributed by atoms with Gasteiger partial charge in [-0.25, -0.2) is 4.79 Å². The Labute approximate surface area is 109 Å². The van der Waals surface area contributed by atoms with Gasteiger partial charge in [-0.15, -0.1) is 0 Å². The molecule has 18 heavy (non-hydrogen) atoms. The summed E-state index contributed by atoms with van der Waals surface area (Å²) >= 11 is 6.11. The van der Waals surface area contributed by atoms with Gasteiger partial charge in [0.05, 0.1) is 23.0 Å². The number of halogens is 1. The molecule has 0 saturated heterocycles. The highest BCUT2D eigenvalue weighted by atomic mass is 35.5. The number of carboxylic acids is 1. The molecule has 0 radical (unpaired) electrons. The van der Waals surface area contributed by atoms with Crippen molar-refractivity contribution in [3.05, 3.63) is 34.5 Å². The Morgan fingerprint density at radius 2 is 2.22 bits per heavy atom. The van der Waals surface area contributed by atoms with Gasteiger partial charge in [0.15, 0.2) is 0 Å². The first-order valence-corrected chi connectivity index (χ1v) is 5.68. The van der Waals surface area contributed by atoms with Crippen molar-refractivity contribution < 1.29 is 14.6 Å². The Bertz CT molecular complexity index is 643. The summed E-state index contributed by atoms with van der Waals surface area (Å²) < 4.78 is 5.28. The zero-order valence-corrected chi connectivity index (χ0v) is 10.7. The van der Waals surface area contributed by atoms with E-state index >= 15 is 0 Å². The number of nitrogens with one attached hydrogen (secondary N) is 1. The number of carbonyl (C=O) groups is 1. The minimum absolute atomic E-state index is 0.573. The summed E-state index contributed by atoms with van der Waals surface area (Å²) in [6.07, 6.45) is 2.63. The lowest BCUT2D eigenvalue weighted by Gasteiger charge is -2.03. The number of hydrogen-bond acceptors (Lipinski definition) is 2. The van der Waals surface area contributed by atoms with E-state index in [0.29, 0.717) is 10.8 Å². The molecule has 2 rings (SSSR count). The minimum atomic E-state index is -0.996. The van der Waals surface area contributed by atoms with Crippen LogP contribution >= 0.6 is 11.6 Å². The normalized spacial score (nSPS) is 11.3. The zero-order valence-electron chi connectivity index (χ0n) is 9.95. The van der Waals surface area contributed by atoms with Crippen LogP contribution in [0.3, 0.4) is 0 Å². The van der Waals surface area contributed by atoms with E-state index in [1.54, 1.807) is 19.2 Å². The van der Waals surface area contributed by atoms with Crippen LogP contribution in [0.25, 0.3) is 17.0 Å². The van der Waals surface area contributed by atoms with E-state index in [2.05, 4.69) is 4.98 Å². The largest absolute Gasteiger partial charge is 0.496 e. The lowest BCUT2D eigenvalue weighted by atomic mass is 10.1. The zero-order chi connectivity index (χ0) is 13.3. The smallest absolute Gasteiger partial charge is 0.328 e. The van der Waals surface area contributed by atoms with Crippen LogP contribution in [0.15, 0.2) is 18.2 Å². The summed E-state index contributed by atoms with van der Waals surface area (Å²) in [5.41, 5.74) is 2.36. The standard InChI is InChI=1S/C13H12ClNO3/c1-7-8(3-6-11(16)17)12-10(18-2)5-4-9(14)13(12)15-7/h3-6,15H,1-2H3,(H,16,17)/b6-3+. The fourth-order valence-corrected chi connectivity index (χ4v) is 2.13. The van der Waals surface area contributed by atoms with Gasteiger partial charge in [-0.05, 0) is 25.1 Å². The van der Waals surface area contributed by atoms with Crippen molar-refractivity contribution in [3.63, 3.8) is 0 Å². The van der Waals surface area contributed by atoms with Crippen molar-refractivity contribution in [2.45, 2.75) is 6.92 Å². The molecule has 1 heterocycles. The Morgan fingerprint density at radius 3 is 2.83 bits per heavy atom. The molecule has 2 aromatic rings. The van der Waals surface area contributed by atoms with Gasteiger partial charge in [0, 0.05) is 17.3 Å². The van der Waals surface area contributed by atoms with E-state index in [1.807, 2.05) is 6.92 Å². The van der Waals surface area contributed by atoms with Gasteiger partial charge in [-0.2, -0.15) is 0 Å². The van der Waals surface area contributed by atoms with Crippen LogP contribution in [-0.4, -0.2) is 23.2 Å². The molecule has 0 aliphatic carbocycles. The molecule has 0 fully saturated rings. The minimum Gasteiger partial charge on any atom is -0.496 e. The fraction of sp³-hybridized carbons (Fsp3) is 0.154. The summed E-state index contributed by atoms with van der Waals surface area (Å²) in [6.45, 7) is 1.86. The molecule has 0 amide bonds. The number of methoxy groups -OCH3 is 1. The molecule has 0 unspecified atom stereocenters. The van der Waals surface area contributed by atoms with E-state index in [1.165, 1.54) is 6.08 Å². The second-order valence-corrected chi connectivity index (χ2v) is 4.24. The van der Waals surface area contributed by atoms with Gasteiger partial charge in [-0.3, -0.25) is 0 Å². The molecular weight excluding hydrogens is 254 g/mol. The van der Waals surface area contributed by atoms with Gasteiger partial charge in [0.2, 0.25) is 0 Å². The number of benzene rings is 1. The van der Waals surface area contributed by atoms with Gasteiger partial charge in [-0.1, -0.05) is 11.6 Å². The lowest BCUT2D eigenvalue weighted by molar-refractivity contribution is -0.131. The van der Waals surface area contributed by atoms with Crippen LogP contribution in [0.1, 0.15) is 11.3 Å². The molecule has 2 N–H and O–H groups in total. The molecule has 0 spiro atoms. The number of aromatic nitrogens is 1. The average molecular weight is 266 g/mol. The van der Waals surface area contributed by atoms with Gasteiger partial charge in [0.1, 0.15) is 5.75 Å². The van der Waals surface area contributed by atoms with Crippen molar-refractivity contribution in [2.75, 3.05) is 7.11 Å². The van der Waals surface area contributed by atoms with Crippen molar-refractivity contribution in [3.8, 4) is 5.75 Å². The molecule has 0 atom stereocenters. The van der Waals surface area contributed by atoms with Gasteiger partial charge < -0.3 is 14.8 Å². The summed E-state index contributed by atoms with van der Waals surface area (Å²) in [5.74, 6) is -0.339. The maximum Gasteiger partial charge on any atom is 0.328 e. The molecule has 94 valence electrons. The summed E-state index contributed by atoms with van der Waals surface area (Å²) in [6, 6.07) is 3.50. The van der Waals surface area contributed by atoms with Crippen LogP contribution in [-0.2, 0) is 4.79 Å². The van der Waals surface area contributed by atoms with E-state index in [-0.39, 0.29) is 0 Å². The van der Waals surface area contributed by atoms with Gasteiger partial charge in [0.25, 0.3) is 0 Å². The van der Waals surface area contributed by atoms with E-state index in [9.17, 15) is 4.79 Å². The Hall–Kier alpha value is -1.94. The number of hydrogen-bond donors (Lipinski definition) is 2. The van der Waals surface area contributed by atoms with E-state index < -0.39 is 5.97 Å². The second-order valence-electron chi connectivity index (χ2n) is 3.83. The highest BCUT2D eigenvalue weighted by Crippen LogP contribution is 2.35. The Kier molecular flexibility index (Phi) is 3.30. The maximum absolute atomic E-state index is 10.6. The molecule has 4 nitrogen and oxygen atoms in total. The van der Waals surface area contributed by atoms with Crippen molar-refractivity contribution in [2.24, 2.45) is 0 Å². The van der Waals surface area contributed by atoms with Crippen molar-refractivity contribution in [1.82, 2.24) is 4.98 Å². The molecule has 0 aliphatic rings. The monoisotopic (exact) mass is 265 g/mol. The summed E-state index contributed by atoms with van der Waals surface area (Å²) in [5, 5.41) is 10.1. The third kappa shape index (κ3) is 2.07. The lowest BCUT2D eigenvalue weighted by Crippen LogP contribution is -1.87. The van der Waals surface area contributed by atoms with Crippen LogP contribution in [0.4, 0.5) is 0 Å². The average Bonchev–Trinajstić information content (AvgIpc) is 2.65. The highest BCUT2D eigenvalue weighted by molar-refractivity contribution is 6.35. The Morgan fingerprint density at radius 1 is 1.50 bits per heavy atom. The highest BCUT2D eigenvalue weighted by Gasteiger charge is 2.13. The molecule has 1 aromatic heterocycles. The number of ether oxygens (including phenoxy) is 1. The number of carboxylic acid groups (broad SMARTS) is 1. The summed E-state index contributed by atoms with van der Waals surface area (Å²) in [4.78, 5) is 13.7.